The highest BCUT2D eigenvalue weighted by molar-refractivity contribution is 5.77. The maximum absolute atomic E-state index is 8.99. The first-order valence-electron chi connectivity index (χ1n) is 7.15. The van der Waals surface area contributed by atoms with Crippen molar-refractivity contribution < 1.29 is 0 Å². The first-order chi connectivity index (χ1) is 9.30. The monoisotopic (exact) mass is 269 g/mol. The Kier molecular flexibility index (Phi) is 3.85. The molecule has 20 heavy (non-hydrogen) atoms. The SMILES string of the molecule is CC(Cc1nc2ccc(C#N)cc2n1C)CC(C)(C)C. The fourth-order valence-electron chi connectivity index (χ4n) is 2.92. The lowest BCUT2D eigenvalue weighted by Crippen LogP contribution is -2.14. The number of nitriles is 1. The Morgan fingerprint density at radius 1 is 1.35 bits per heavy atom. The van der Waals surface area contributed by atoms with Crippen LogP contribution < -0.4 is 0 Å². The topological polar surface area (TPSA) is 41.6 Å². The molecule has 0 fully saturated rings. The van der Waals surface area contributed by atoms with E-state index in [1.807, 2.05) is 25.2 Å². The number of fused-ring (bicyclic) bond motifs is 1. The second kappa shape index (κ2) is 5.28. The van der Waals surface area contributed by atoms with E-state index in [0.29, 0.717) is 16.9 Å². The van der Waals surface area contributed by atoms with Crippen molar-refractivity contribution in [3.63, 3.8) is 0 Å². The van der Waals surface area contributed by atoms with Crippen molar-refractivity contribution in [3.05, 3.63) is 29.6 Å². The fourth-order valence-corrected chi connectivity index (χ4v) is 2.92. The minimum absolute atomic E-state index is 0.345. The standard InChI is InChI=1S/C17H23N3/c1-12(10-17(2,3)4)8-16-19-14-7-6-13(11-18)9-15(14)20(16)5/h6-7,9,12H,8,10H2,1-5H3. The molecule has 0 bridgehead atoms. The average Bonchev–Trinajstić information content (AvgIpc) is 2.63. The molecule has 1 aromatic carbocycles. The van der Waals surface area contributed by atoms with Crippen molar-refractivity contribution in [1.82, 2.24) is 9.55 Å². The summed E-state index contributed by atoms with van der Waals surface area (Å²) in [5, 5.41) is 8.99. The zero-order valence-electron chi connectivity index (χ0n) is 13.1. The van der Waals surface area contributed by atoms with Gasteiger partial charge in [0.25, 0.3) is 0 Å². The van der Waals surface area contributed by atoms with Gasteiger partial charge in [-0.2, -0.15) is 5.26 Å². The summed E-state index contributed by atoms with van der Waals surface area (Å²) in [6.45, 7) is 9.11. The van der Waals surface area contributed by atoms with Crippen LogP contribution in [0.5, 0.6) is 0 Å². The molecule has 3 nitrogen and oxygen atoms in total. The van der Waals surface area contributed by atoms with Gasteiger partial charge in [0.1, 0.15) is 5.82 Å². The molecule has 106 valence electrons. The maximum atomic E-state index is 8.99. The van der Waals surface area contributed by atoms with Gasteiger partial charge in [0.05, 0.1) is 22.7 Å². The van der Waals surface area contributed by atoms with Gasteiger partial charge < -0.3 is 4.57 Å². The van der Waals surface area contributed by atoms with Crippen molar-refractivity contribution in [3.8, 4) is 6.07 Å². The van der Waals surface area contributed by atoms with Crippen LogP contribution in [-0.4, -0.2) is 9.55 Å². The molecule has 0 aliphatic carbocycles. The average molecular weight is 269 g/mol. The van der Waals surface area contributed by atoms with E-state index in [-0.39, 0.29) is 0 Å². The van der Waals surface area contributed by atoms with Crippen LogP contribution in [0.15, 0.2) is 18.2 Å². The molecule has 1 aromatic heterocycles. The number of aromatic nitrogens is 2. The van der Waals surface area contributed by atoms with Crippen LogP contribution in [0.2, 0.25) is 0 Å². The third kappa shape index (κ3) is 3.19. The van der Waals surface area contributed by atoms with Crippen LogP contribution in [0.3, 0.4) is 0 Å². The molecule has 0 saturated heterocycles. The molecule has 1 atom stereocenters. The minimum atomic E-state index is 0.345. The van der Waals surface area contributed by atoms with Crippen molar-refractivity contribution >= 4 is 11.0 Å². The van der Waals surface area contributed by atoms with Gasteiger partial charge in [-0.1, -0.05) is 27.7 Å². The molecule has 0 saturated carbocycles. The number of hydrogen-bond acceptors (Lipinski definition) is 2. The quantitative estimate of drug-likeness (QED) is 0.843. The van der Waals surface area contributed by atoms with E-state index in [1.54, 1.807) is 0 Å². The number of hydrogen-bond donors (Lipinski definition) is 0. The second-order valence-corrected chi connectivity index (χ2v) is 6.98. The number of rotatable bonds is 3. The number of nitrogens with zero attached hydrogens (tertiary/aromatic N) is 3. The smallest absolute Gasteiger partial charge is 0.109 e. The summed E-state index contributed by atoms with van der Waals surface area (Å²) in [5.74, 6) is 1.70. The van der Waals surface area contributed by atoms with Gasteiger partial charge in [-0.3, -0.25) is 0 Å². The fraction of sp³-hybridized carbons (Fsp3) is 0.529. The van der Waals surface area contributed by atoms with Crippen LogP contribution in [0, 0.1) is 22.7 Å². The zero-order valence-corrected chi connectivity index (χ0v) is 13.1. The molecule has 1 heterocycles. The van der Waals surface area contributed by atoms with E-state index < -0.39 is 0 Å². The zero-order chi connectivity index (χ0) is 14.9. The van der Waals surface area contributed by atoms with Gasteiger partial charge in [0, 0.05) is 13.5 Å². The minimum Gasteiger partial charge on any atom is -0.331 e. The van der Waals surface area contributed by atoms with Crippen molar-refractivity contribution in [2.24, 2.45) is 18.4 Å². The molecule has 0 spiro atoms. The predicted molar refractivity (Wildman–Crippen MR) is 82.4 cm³/mol. The Hall–Kier alpha value is -1.82. The Morgan fingerprint density at radius 3 is 2.65 bits per heavy atom. The molecular formula is C17H23N3. The Labute approximate surface area is 121 Å². The van der Waals surface area contributed by atoms with Gasteiger partial charge in [-0.05, 0) is 36.0 Å². The maximum Gasteiger partial charge on any atom is 0.109 e. The van der Waals surface area contributed by atoms with Gasteiger partial charge in [0.15, 0.2) is 0 Å². The van der Waals surface area contributed by atoms with E-state index in [4.69, 9.17) is 10.2 Å². The number of benzene rings is 1. The largest absolute Gasteiger partial charge is 0.331 e. The number of imidazole rings is 1. The summed E-state index contributed by atoms with van der Waals surface area (Å²) in [5.41, 5.74) is 3.05. The van der Waals surface area contributed by atoms with Crippen molar-refractivity contribution in [2.45, 2.75) is 40.5 Å². The molecule has 2 rings (SSSR count). The van der Waals surface area contributed by atoms with Crippen molar-refractivity contribution in [2.75, 3.05) is 0 Å². The molecule has 0 aliphatic heterocycles. The van der Waals surface area contributed by atoms with Crippen LogP contribution in [0.1, 0.15) is 45.5 Å². The Bertz CT molecular complexity index is 653. The van der Waals surface area contributed by atoms with E-state index in [9.17, 15) is 0 Å². The molecule has 0 amide bonds. The molecule has 0 radical (unpaired) electrons. The van der Waals surface area contributed by atoms with Gasteiger partial charge >= 0.3 is 0 Å². The molecule has 1 unspecified atom stereocenters. The molecule has 0 N–H and O–H groups in total. The van der Waals surface area contributed by atoms with E-state index in [1.165, 1.54) is 6.42 Å². The van der Waals surface area contributed by atoms with Crippen molar-refractivity contribution in [1.29, 1.82) is 5.26 Å². The summed E-state index contributed by atoms with van der Waals surface area (Å²) in [6, 6.07) is 7.87. The first-order valence-corrected chi connectivity index (χ1v) is 7.15. The third-order valence-electron chi connectivity index (χ3n) is 3.59. The van der Waals surface area contributed by atoms with Gasteiger partial charge in [0.2, 0.25) is 0 Å². The van der Waals surface area contributed by atoms with Crippen LogP contribution >= 0.6 is 0 Å². The predicted octanol–water partition coefficient (Wildman–Crippen LogP) is 4.06. The highest BCUT2D eigenvalue weighted by atomic mass is 15.1. The van der Waals surface area contributed by atoms with Crippen LogP contribution in [0.4, 0.5) is 0 Å². The molecular weight excluding hydrogens is 246 g/mol. The lowest BCUT2D eigenvalue weighted by molar-refractivity contribution is 0.303. The molecule has 2 aromatic rings. The summed E-state index contributed by atoms with van der Waals surface area (Å²) >= 11 is 0. The lowest BCUT2D eigenvalue weighted by atomic mass is 9.84. The lowest BCUT2D eigenvalue weighted by Gasteiger charge is -2.22. The Morgan fingerprint density at radius 2 is 2.05 bits per heavy atom. The van der Waals surface area contributed by atoms with Crippen LogP contribution in [0.25, 0.3) is 11.0 Å². The first kappa shape index (κ1) is 14.6. The van der Waals surface area contributed by atoms with Crippen LogP contribution in [-0.2, 0) is 13.5 Å². The summed E-state index contributed by atoms with van der Waals surface area (Å²) < 4.78 is 2.12. The van der Waals surface area contributed by atoms with E-state index in [0.717, 1.165) is 23.3 Å². The highest BCUT2D eigenvalue weighted by Crippen LogP contribution is 2.27. The normalized spacial score (nSPS) is 13.4. The summed E-state index contributed by atoms with van der Waals surface area (Å²) in [4.78, 5) is 4.71. The number of aryl methyl sites for hydroxylation is 1. The molecule has 0 aliphatic rings. The van der Waals surface area contributed by atoms with Gasteiger partial charge in [-0.15, -0.1) is 0 Å². The van der Waals surface area contributed by atoms with E-state index in [2.05, 4.69) is 38.3 Å². The molecule has 3 heteroatoms. The Balaban J connectivity index is 2.27. The van der Waals surface area contributed by atoms with Gasteiger partial charge in [-0.25, -0.2) is 4.98 Å². The highest BCUT2D eigenvalue weighted by Gasteiger charge is 2.18. The second-order valence-electron chi connectivity index (χ2n) is 6.98. The van der Waals surface area contributed by atoms with E-state index >= 15 is 0 Å². The summed E-state index contributed by atoms with van der Waals surface area (Å²) in [7, 11) is 2.04. The third-order valence-corrected chi connectivity index (χ3v) is 3.59. The summed E-state index contributed by atoms with van der Waals surface area (Å²) in [6.07, 6.45) is 2.16.